The maximum atomic E-state index is 11.5. The monoisotopic (exact) mass is 391 g/mol. The second-order valence-electron chi connectivity index (χ2n) is 7.74. The molecule has 0 bridgehead atoms. The normalized spacial score (nSPS) is 15.0. The fourth-order valence-electron chi connectivity index (χ4n) is 4.29. The van der Waals surface area contributed by atoms with Crippen molar-refractivity contribution in [2.24, 2.45) is 11.7 Å². The number of hydrogen-bond donors (Lipinski definition) is 2. The minimum atomic E-state index is -0.887. The van der Waals surface area contributed by atoms with Crippen molar-refractivity contribution in [1.82, 2.24) is 4.57 Å². The smallest absolute Gasteiger partial charge is 0.323 e. The van der Waals surface area contributed by atoms with Gasteiger partial charge in [-0.2, -0.15) is 0 Å². The van der Waals surface area contributed by atoms with Crippen LogP contribution in [0.5, 0.6) is 0 Å². The number of hydrogen-bond acceptors (Lipinski definition) is 3. The van der Waals surface area contributed by atoms with Crippen LogP contribution in [0.25, 0.3) is 10.9 Å². The van der Waals surface area contributed by atoms with E-state index in [1.807, 2.05) is 16.7 Å². The fraction of sp³-hybridized carbons (Fsp3) is 0.304. The van der Waals surface area contributed by atoms with Gasteiger partial charge in [0.2, 0.25) is 5.91 Å². The summed E-state index contributed by atoms with van der Waals surface area (Å²) in [7, 11) is 0. The Morgan fingerprint density at radius 2 is 1.76 bits per heavy atom. The molecule has 29 heavy (non-hydrogen) atoms. The maximum absolute atomic E-state index is 11.5. The number of amides is 1. The average molecular weight is 391 g/mol. The quantitative estimate of drug-likeness (QED) is 0.675. The topological polar surface area (TPSA) is 88.6 Å². The first-order valence-corrected chi connectivity index (χ1v) is 9.95. The zero-order chi connectivity index (χ0) is 20.4. The molecule has 2 heterocycles. The van der Waals surface area contributed by atoms with E-state index in [0.29, 0.717) is 11.5 Å². The highest BCUT2D eigenvalue weighted by molar-refractivity contribution is 5.98. The van der Waals surface area contributed by atoms with E-state index >= 15 is 0 Å². The minimum absolute atomic E-state index is 0.112. The molecule has 1 fully saturated rings. The Balaban J connectivity index is 1.56. The summed E-state index contributed by atoms with van der Waals surface area (Å²) >= 11 is 0. The molecule has 3 aromatic rings. The van der Waals surface area contributed by atoms with Gasteiger partial charge in [0.25, 0.3) is 0 Å². The van der Waals surface area contributed by atoms with Crippen molar-refractivity contribution in [3.8, 4) is 0 Å². The first-order valence-electron chi connectivity index (χ1n) is 9.95. The number of piperidine rings is 1. The number of benzene rings is 2. The summed E-state index contributed by atoms with van der Waals surface area (Å²) in [5.41, 5.74) is 8.00. The molecule has 6 nitrogen and oxygen atoms in total. The van der Waals surface area contributed by atoms with Gasteiger partial charge >= 0.3 is 5.97 Å². The molecule has 1 saturated heterocycles. The fourth-order valence-corrected chi connectivity index (χ4v) is 4.29. The lowest BCUT2D eigenvalue weighted by atomic mass is 9.90. The molecule has 1 aliphatic rings. The molecule has 1 aromatic heterocycles. The van der Waals surface area contributed by atoms with Gasteiger partial charge in [-0.1, -0.05) is 30.3 Å². The largest absolute Gasteiger partial charge is 0.480 e. The molecular weight excluding hydrogens is 366 g/mol. The van der Waals surface area contributed by atoms with Crippen molar-refractivity contribution in [3.05, 3.63) is 65.7 Å². The number of fused-ring (bicyclic) bond motifs is 1. The number of carboxylic acids is 1. The number of carboxylic acid groups (broad SMARTS) is 1. The second-order valence-corrected chi connectivity index (χ2v) is 7.74. The van der Waals surface area contributed by atoms with E-state index < -0.39 is 11.9 Å². The summed E-state index contributed by atoms with van der Waals surface area (Å²) in [6.45, 7) is 1.66. The predicted molar refractivity (Wildman–Crippen MR) is 113 cm³/mol. The number of nitrogens with zero attached hydrogens (tertiary/aromatic N) is 2. The number of rotatable bonds is 6. The standard InChI is InChI=1S/C23H25N3O3/c24-23(29)18-6-7-20-19(13-18)14-21(26(20)15-22(27)28)25-10-8-17(9-11-25)12-16-4-2-1-3-5-16/h1-7,13-14,17H,8-12,15H2,(H2,24,29)(H,27,28). The highest BCUT2D eigenvalue weighted by atomic mass is 16.4. The van der Waals surface area contributed by atoms with Gasteiger partial charge in [0.15, 0.2) is 0 Å². The molecule has 0 atom stereocenters. The van der Waals surface area contributed by atoms with Crippen LogP contribution in [0.3, 0.4) is 0 Å². The average Bonchev–Trinajstić information content (AvgIpc) is 3.06. The number of carbonyl (C=O) groups is 2. The maximum Gasteiger partial charge on any atom is 0.323 e. The van der Waals surface area contributed by atoms with Crippen molar-refractivity contribution in [1.29, 1.82) is 0 Å². The highest BCUT2D eigenvalue weighted by Gasteiger charge is 2.23. The summed E-state index contributed by atoms with van der Waals surface area (Å²) in [6, 6.07) is 17.7. The molecule has 4 rings (SSSR count). The molecule has 1 amide bonds. The Labute approximate surface area is 169 Å². The van der Waals surface area contributed by atoms with Crippen LogP contribution in [-0.2, 0) is 17.8 Å². The van der Waals surface area contributed by atoms with Crippen LogP contribution in [0.2, 0.25) is 0 Å². The van der Waals surface area contributed by atoms with E-state index in [9.17, 15) is 14.7 Å². The number of carbonyl (C=O) groups excluding carboxylic acids is 1. The van der Waals surface area contributed by atoms with Gasteiger partial charge < -0.3 is 20.3 Å². The van der Waals surface area contributed by atoms with Crippen molar-refractivity contribution < 1.29 is 14.7 Å². The zero-order valence-electron chi connectivity index (χ0n) is 16.3. The minimum Gasteiger partial charge on any atom is -0.480 e. The van der Waals surface area contributed by atoms with Crippen LogP contribution in [0.4, 0.5) is 5.82 Å². The molecule has 0 radical (unpaired) electrons. The summed E-state index contributed by atoms with van der Waals surface area (Å²) in [4.78, 5) is 25.2. The summed E-state index contributed by atoms with van der Waals surface area (Å²) in [5, 5.41) is 10.2. The Hall–Kier alpha value is -3.28. The van der Waals surface area contributed by atoms with Gasteiger partial charge in [0, 0.05) is 24.0 Å². The van der Waals surface area contributed by atoms with Crippen molar-refractivity contribution in [3.63, 3.8) is 0 Å². The summed E-state index contributed by atoms with van der Waals surface area (Å²) in [5.74, 6) is 0.150. The first kappa shape index (κ1) is 19.1. The van der Waals surface area contributed by atoms with Crippen molar-refractivity contribution in [2.45, 2.75) is 25.8 Å². The van der Waals surface area contributed by atoms with Crippen molar-refractivity contribution in [2.75, 3.05) is 18.0 Å². The van der Waals surface area contributed by atoms with Crippen LogP contribution in [0.15, 0.2) is 54.6 Å². The van der Waals surface area contributed by atoms with Gasteiger partial charge in [-0.25, -0.2) is 0 Å². The molecule has 150 valence electrons. The number of aromatic nitrogens is 1. The van der Waals surface area contributed by atoms with Crippen LogP contribution >= 0.6 is 0 Å². The molecular formula is C23H25N3O3. The first-order chi connectivity index (χ1) is 14.0. The summed E-state index contributed by atoms with van der Waals surface area (Å²) < 4.78 is 1.82. The molecule has 3 N–H and O–H groups in total. The number of aliphatic carboxylic acids is 1. The number of primary amides is 1. The molecule has 0 saturated carbocycles. The lowest BCUT2D eigenvalue weighted by Crippen LogP contribution is -2.35. The van der Waals surface area contributed by atoms with Crippen LogP contribution in [0, 0.1) is 5.92 Å². The third kappa shape index (κ3) is 4.11. The van der Waals surface area contributed by atoms with Gasteiger partial charge in [-0.05, 0) is 55.0 Å². The predicted octanol–water partition coefficient (Wildman–Crippen LogP) is 3.28. The highest BCUT2D eigenvalue weighted by Crippen LogP contribution is 2.31. The van der Waals surface area contributed by atoms with E-state index in [-0.39, 0.29) is 6.54 Å². The van der Waals surface area contributed by atoms with Crippen LogP contribution in [0.1, 0.15) is 28.8 Å². The van der Waals surface area contributed by atoms with E-state index in [4.69, 9.17) is 5.73 Å². The zero-order valence-corrected chi connectivity index (χ0v) is 16.3. The Morgan fingerprint density at radius 1 is 1.03 bits per heavy atom. The molecule has 0 aliphatic carbocycles. The second kappa shape index (κ2) is 7.99. The van der Waals surface area contributed by atoms with E-state index in [1.54, 1.807) is 18.2 Å². The SMILES string of the molecule is NC(=O)c1ccc2c(c1)cc(N1CCC(Cc3ccccc3)CC1)n2CC(=O)O. The molecule has 6 heteroatoms. The van der Waals surface area contributed by atoms with Gasteiger partial charge in [-0.3, -0.25) is 9.59 Å². The van der Waals surface area contributed by atoms with E-state index in [1.165, 1.54) is 5.56 Å². The van der Waals surface area contributed by atoms with Crippen LogP contribution in [-0.4, -0.2) is 34.6 Å². The van der Waals surface area contributed by atoms with Crippen molar-refractivity contribution >= 4 is 28.6 Å². The van der Waals surface area contributed by atoms with Gasteiger partial charge in [-0.15, -0.1) is 0 Å². The van der Waals surface area contributed by atoms with E-state index in [0.717, 1.165) is 49.1 Å². The number of nitrogens with two attached hydrogens (primary N) is 1. The van der Waals surface area contributed by atoms with Gasteiger partial charge in [0.05, 0.1) is 5.52 Å². The van der Waals surface area contributed by atoms with Crippen LogP contribution < -0.4 is 10.6 Å². The number of anilines is 1. The lowest BCUT2D eigenvalue weighted by molar-refractivity contribution is -0.137. The molecule has 0 spiro atoms. The molecule has 1 aliphatic heterocycles. The van der Waals surface area contributed by atoms with Gasteiger partial charge in [0.1, 0.15) is 12.4 Å². The summed E-state index contributed by atoms with van der Waals surface area (Å²) in [6.07, 6.45) is 3.21. The lowest BCUT2D eigenvalue weighted by Gasteiger charge is -2.34. The van der Waals surface area contributed by atoms with E-state index in [2.05, 4.69) is 29.2 Å². The Morgan fingerprint density at radius 3 is 2.41 bits per heavy atom. The Bertz CT molecular complexity index is 1030. The molecule has 2 aromatic carbocycles. The third-order valence-electron chi connectivity index (χ3n) is 5.76. The third-order valence-corrected chi connectivity index (χ3v) is 5.76. The molecule has 0 unspecified atom stereocenters. The Kier molecular flexibility index (Phi) is 5.25.